The van der Waals surface area contributed by atoms with Crippen molar-refractivity contribution in [2.75, 3.05) is 11.9 Å². The lowest BCUT2D eigenvalue weighted by Crippen LogP contribution is -2.31. The molecule has 0 amide bonds. The third-order valence-electron chi connectivity index (χ3n) is 4.35. The van der Waals surface area contributed by atoms with Crippen molar-refractivity contribution >= 4 is 5.69 Å². The number of nitrogens with zero attached hydrogens (tertiary/aromatic N) is 1. The molecule has 0 spiro atoms. The minimum atomic E-state index is -4.43. The van der Waals surface area contributed by atoms with Gasteiger partial charge in [0, 0.05) is 18.8 Å². The van der Waals surface area contributed by atoms with Gasteiger partial charge in [0.05, 0.1) is 12.2 Å². The van der Waals surface area contributed by atoms with Gasteiger partial charge in [-0.25, -0.2) is 0 Å². The molecule has 0 heterocycles. The molecule has 1 fully saturated rings. The lowest BCUT2D eigenvalue weighted by Gasteiger charge is -2.30. The van der Waals surface area contributed by atoms with Gasteiger partial charge in [-0.1, -0.05) is 31.7 Å². The van der Waals surface area contributed by atoms with Crippen molar-refractivity contribution in [2.24, 2.45) is 0 Å². The van der Waals surface area contributed by atoms with Crippen LogP contribution in [0.3, 0.4) is 0 Å². The Kier molecular flexibility index (Phi) is 5.14. The molecule has 0 saturated heterocycles. The van der Waals surface area contributed by atoms with Gasteiger partial charge < -0.3 is 10.0 Å². The second-order valence-electron chi connectivity index (χ2n) is 5.75. The van der Waals surface area contributed by atoms with Crippen molar-refractivity contribution in [3.63, 3.8) is 0 Å². The SMILES string of the molecule is CN(c1ccc(CO)c(C(F)(F)F)c1)C1CCCCCC1. The molecule has 1 saturated carbocycles. The zero-order chi connectivity index (χ0) is 15.5. The number of alkyl halides is 3. The number of benzene rings is 1. The van der Waals surface area contributed by atoms with Crippen molar-refractivity contribution < 1.29 is 18.3 Å². The molecule has 0 aromatic heterocycles. The first-order valence-corrected chi connectivity index (χ1v) is 7.47. The largest absolute Gasteiger partial charge is 0.416 e. The Morgan fingerprint density at radius 1 is 1.14 bits per heavy atom. The van der Waals surface area contributed by atoms with E-state index in [4.69, 9.17) is 5.11 Å². The fourth-order valence-electron chi connectivity index (χ4n) is 3.04. The second kappa shape index (κ2) is 6.69. The van der Waals surface area contributed by atoms with Gasteiger partial charge in [0.1, 0.15) is 0 Å². The van der Waals surface area contributed by atoms with Crippen LogP contribution in [0.15, 0.2) is 18.2 Å². The van der Waals surface area contributed by atoms with Crippen LogP contribution in [0.1, 0.15) is 49.7 Å². The lowest BCUT2D eigenvalue weighted by atomic mass is 10.0. The number of rotatable bonds is 3. The monoisotopic (exact) mass is 301 g/mol. The van der Waals surface area contributed by atoms with Crippen LogP contribution in [0.2, 0.25) is 0 Å². The summed E-state index contributed by atoms with van der Waals surface area (Å²) >= 11 is 0. The van der Waals surface area contributed by atoms with Gasteiger partial charge in [-0.15, -0.1) is 0 Å². The highest BCUT2D eigenvalue weighted by atomic mass is 19.4. The molecular weight excluding hydrogens is 279 g/mol. The average Bonchev–Trinajstić information content (AvgIpc) is 2.74. The second-order valence-corrected chi connectivity index (χ2v) is 5.75. The van der Waals surface area contributed by atoms with E-state index in [1.54, 1.807) is 6.07 Å². The van der Waals surface area contributed by atoms with Gasteiger partial charge in [-0.05, 0) is 30.5 Å². The van der Waals surface area contributed by atoms with E-state index >= 15 is 0 Å². The molecule has 0 atom stereocenters. The van der Waals surface area contributed by atoms with Gasteiger partial charge in [0.2, 0.25) is 0 Å². The smallest absolute Gasteiger partial charge is 0.392 e. The molecule has 1 aromatic rings. The van der Waals surface area contributed by atoms with E-state index in [9.17, 15) is 13.2 Å². The summed E-state index contributed by atoms with van der Waals surface area (Å²) in [5, 5.41) is 9.08. The maximum atomic E-state index is 13.1. The number of aliphatic hydroxyl groups is 1. The fourth-order valence-corrected chi connectivity index (χ4v) is 3.04. The first kappa shape index (κ1) is 16.1. The number of hydrogen-bond donors (Lipinski definition) is 1. The average molecular weight is 301 g/mol. The molecule has 1 aliphatic rings. The number of hydrogen-bond acceptors (Lipinski definition) is 2. The van der Waals surface area contributed by atoms with Crippen LogP contribution in [0.25, 0.3) is 0 Å². The standard InChI is InChI=1S/C16H22F3NO/c1-20(13-6-4-2-3-5-7-13)14-9-8-12(11-21)15(10-14)16(17,18)19/h8-10,13,21H,2-7,11H2,1H3. The molecule has 0 radical (unpaired) electrons. The van der Waals surface area contributed by atoms with Gasteiger partial charge >= 0.3 is 6.18 Å². The van der Waals surface area contributed by atoms with E-state index in [2.05, 4.69) is 0 Å². The number of aliphatic hydroxyl groups excluding tert-OH is 1. The quantitative estimate of drug-likeness (QED) is 0.839. The van der Waals surface area contributed by atoms with Crippen molar-refractivity contribution in [1.29, 1.82) is 0 Å². The Bertz CT molecular complexity index is 465. The Balaban J connectivity index is 2.26. The molecule has 21 heavy (non-hydrogen) atoms. The lowest BCUT2D eigenvalue weighted by molar-refractivity contribution is -0.138. The van der Waals surface area contributed by atoms with Crippen molar-refractivity contribution in [3.05, 3.63) is 29.3 Å². The Morgan fingerprint density at radius 2 is 1.76 bits per heavy atom. The van der Waals surface area contributed by atoms with E-state index in [1.807, 2.05) is 11.9 Å². The molecule has 0 aliphatic heterocycles. The molecule has 0 bridgehead atoms. The van der Waals surface area contributed by atoms with Crippen molar-refractivity contribution in [3.8, 4) is 0 Å². The van der Waals surface area contributed by atoms with E-state index in [0.717, 1.165) is 31.7 Å². The van der Waals surface area contributed by atoms with Crippen LogP contribution in [0.5, 0.6) is 0 Å². The van der Waals surface area contributed by atoms with Crippen LogP contribution >= 0.6 is 0 Å². The normalized spacial score (nSPS) is 17.6. The molecule has 1 aliphatic carbocycles. The highest BCUT2D eigenvalue weighted by Gasteiger charge is 2.34. The molecule has 2 rings (SSSR count). The van der Waals surface area contributed by atoms with Crippen LogP contribution in [-0.2, 0) is 12.8 Å². The van der Waals surface area contributed by atoms with E-state index in [1.165, 1.54) is 18.9 Å². The highest BCUT2D eigenvalue weighted by molar-refractivity contribution is 5.52. The highest BCUT2D eigenvalue weighted by Crippen LogP contribution is 2.35. The number of anilines is 1. The van der Waals surface area contributed by atoms with E-state index < -0.39 is 18.3 Å². The van der Waals surface area contributed by atoms with Crippen molar-refractivity contribution in [1.82, 2.24) is 0 Å². The summed E-state index contributed by atoms with van der Waals surface area (Å²) in [4.78, 5) is 1.96. The minimum absolute atomic E-state index is 0.0690. The maximum Gasteiger partial charge on any atom is 0.416 e. The zero-order valence-corrected chi connectivity index (χ0v) is 12.3. The molecule has 2 nitrogen and oxygen atoms in total. The summed E-state index contributed by atoms with van der Waals surface area (Å²) in [6, 6.07) is 4.52. The third kappa shape index (κ3) is 3.90. The molecule has 5 heteroatoms. The van der Waals surface area contributed by atoms with Crippen LogP contribution in [0.4, 0.5) is 18.9 Å². The van der Waals surface area contributed by atoms with Gasteiger partial charge in [0.15, 0.2) is 0 Å². The van der Waals surface area contributed by atoms with E-state index in [0.29, 0.717) is 11.7 Å². The minimum Gasteiger partial charge on any atom is -0.392 e. The van der Waals surface area contributed by atoms with Gasteiger partial charge in [-0.2, -0.15) is 13.2 Å². The Labute approximate surface area is 123 Å². The fraction of sp³-hybridized carbons (Fsp3) is 0.625. The number of halogens is 3. The molecule has 1 N–H and O–H groups in total. The predicted octanol–water partition coefficient (Wildman–Crippen LogP) is 4.36. The molecule has 0 unspecified atom stereocenters. The predicted molar refractivity (Wildman–Crippen MR) is 77.3 cm³/mol. The Morgan fingerprint density at radius 3 is 2.29 bits per heavy atom. The third-order valence-corrected chi connectivity index (χ3v) is 4.35. The summed E-state index contributed by atoms with van der Waals surface area (Å²) in [5.74, 6) is 0. The van der Waals surface area contributed by atoms with Crippen LogP contribution < -0.4 is 4.90 Å². The van der Waals surface area contributed by atoms with Crippen LogP contribution in [0, 0.1) is 0 Å². The van der Waals surface area contributed by atoms with E-state index in [-0.39, 0.29) is 5.56 Å². The molecular formula is C16H22F3NO. The summed E-state index contributed by atoms with van der Waals surface area (Å²) < 4.78 is 39.2. The first-order chi connectivity index (χ1) is 9.93. The Hall–Kier alpha value is -1.23. The molecule has 118 valence electrons. The summed E-state index contributed by atoms with van der Waals surface area (Å²) in [6.07, 6.45) is 2.31. The maximum absolute atomic E-state index is 13.1. The van der Waals surface area contributed by atoms with Gasteiger partial charge in [0.25, 0.3) is 0 Å². The zero-order valence-electron chi connectivity index (χ0n) is 12.3. The first-order valence-electron chi connectivity index (χ1n) is 7.47. The summed E-state index contributed by atoms with van der Waals surface area (Å²) in [5.41, 5.74) is -0.227. The van der Waals surface area contributed by atoms with Gasteiger partial charge in [-0.3, -0.25) is 0 Å². The summed E-state index contributed by atoms with van der Waals surface area (Å²) in [6.45, 7) is -0.595. The van der Waals surface area contributed by atoms with Crippen molar-refractivity contribution in [2.45, 2.75) is 57.3 Å². The topological polar surface area (TPSA) is 23.5 Å². The summed E-state index contributed by atoms with van der Waals surface area (Å²) in [7, 11) is 1.87. The van der Waals surface area contributed by atoms with Crippen LogP contribution in [-0.4, -0.2) is 18.2 Å². The molecule has 1 aromatic carbocycles.